The maximum Gasteiger partial charge on any atom is 0.231 e. The molecule has 1 fully saturated rings. The monoisotopic (exact) mass is 288 g/mol. The quantitative estimate of drug-likeness (QED) is 0.902. The first kappa shape index (κ1) is 13.6. The average Bonchev–Trinajstić information content (AvgIpc) is 3.08. The van der Waals surface area contributed by atoms with E-state index in [1.807, 2.05) is 6.07 Å². The Balaban J connectivity index is 1.80. The van der Waals surface area contributed by atoms with Gasteiger partial charge in [0.1, 0.15) is 0 Å². The topological polar surface area (TPSA) is 41.1 Å². The van der Waals surface area contributed by atoms with E-state index >= 15 is 0 Å². The van der Waals surface area contributed by atoms with Crippen molar-refractivity contribution in [2.45, 2.75) is 26.2 Å². The number of anilines is 1. The van der Waals surface area contributed by atoms with Crippen molar-refractivity contribution in [3.05, 3.63) is 29.6 Å². The Labute approximate surface area is 123 Å². The Morgan fingerprint density at radius 1 is 1.45 bits per heavy atom. The number of benzene rings is 1. The van der Waals surface area contributed by atoms with Gasteiger partial charge < -0.3 is 10.6 Å². The van der Waals surface area contributed by atoms with Gasteiger partial charge in [0, 0.05) is 16.9 Å². The summed E-state index contributed by atoms with van der Waals surface area (Å²) in [5.41, 5.74) is 0.682. The fourth-order valence-electron chi connectivity index (χ4n) is 3.05. The average molecular weight is 288 g/mol. The third-order valence-electron chi connectivity index (χ3n) is 4.16. The lowest BCUT2D eigenvalue weighted by molar-refractivity contribution is -0.125. The summed E-state index contributed by atoms with van der Waals surface area (Å²) in [6.45, 7) is 3.88. The Morgan fingerprint density at radius 3 is 3.10 bits per heavy atom. The molecule has 0 aliphatic carbocycles. The molecule has 1 aliphatic heterocycles. The van der Waals surface area contributed by atoms with E-state index in [0.717, 1.165) is 38.0 Å². The predicted octanol–water partition coefficient (Wildman–Crippen LogP) is 3.62. The summed E-state index contributed by atoms with van der Waals surface area (Å²) in [4.78, 5) is 12.7. The fourth-order valence-corrected chi connectivity index (χ4v) is 3.82. The third-order valence-corrected chi connectivity index (χ3v) is 5.06. The van der Waals surface area contributed by atoms with Crippen LogP contribution in [0, 0.1) is 5.41 Å². The van der Waals surface area contributed by atoms with Crippen molar-refractivity contribution in [2.24, 2.45) is 5.41 Å². The van der Waals surface area contributed by atoms with Gasteiger partial charge >= 0.3 is 0 Å². The molecule has 0 radical (unpaired) electrons. The lowest BCUT2D eigenvalue weighted by Gasteiger charge is -2.26. The standard InChI is InChI=1S/C16H20N2OS/c1-2-6-16(7-8-17-11-16)15(19)18-13-3-4-14-12(10-13)5-9-20-14/h3-5,9-10,17H,2,6-8,11H2,1H3,(H,18,19). The van der Waals surface area contributed by atoms with Crippen LogP contribution in [0.25, 0.3) is 10.1 Å². The number of fused-ring (bicyclic) bond motifs is 1. The first-order chi connectivity index (χ1) is 9.73. The largest absolute Gasteiger partial charge is 0.326 e. The molecule has 3 rings (SSSR count). The summed E-state index contributed by atoms with van der Waals surface area (Å²) in [6, 6.07) is 8.23. The van der Waals surface area contributed by atoms with Gasteiger partial charge in [0.25, 0.3) is 0 Å². The van der Waals surface area contributed by atoms with Crippen molar-refractivity contribution in [3.63, 3.8) is 0 Å². The van der Waals surface area contributed by atoms with Crippen LogP contribution in [0.4, 0.5) is 5.69 Å². The van der Waals surface area contributed by atoms with Crippen LogP contribution in [0.15, 0.2) is 29.6 Å². The number of thiophene rings is 1. The van der Waals surface area contributed by atoms with E-state index in [-0.39, 0.29) is 11.3 Å². The van der Waals surface area contributed by atoms with Crippen molar-refractivity contribution in [1.29, 1.82) is 0 Å². The van der Waals surface area contributed by atoms with E-state index in [2.05, 4.69) is 41.1 Å². The molecule has 3 nitrogen and oxygen atoms in total. The molecule has 2 heterocycles. The highest BCUT2D eigenvalue weighted by molar-refractivity contribution is 7.17. The van der Waals surface area contributed by atoms with Gasteiger partial charge in [-0.2, -0.15) is 0 Å². The Kier molecular flexibility index (Phi) is 3.76. The molecule has 2 N–H and O–H groups in total. The van der Waals surface area contributed by atoms with Gasteiger partial charge in [-0.25, -0.2) is 0 Å². The minimum atomic E-state index is -0.224. The molecule has 1 aromatic carbocycles. The summed E-state index contributed by atoms with van der Waals surface area (Å²) in [5, 5.41) is 9.72. The van der Waals surface area contributed by atoms with E-state index in [1.54, 1.807) is 11.3 Å². The number of amides is 1. The van der Waals surface area contributed by atoms with Gasteiger partial charge in [-0.05, 0) is 54.4 Å². The zero-order valence-electron chi connectivity index (χ0n) is 11.7. The normalized spacial score (nSPS) is 22.2. The summed E-state index contributed by atoms with van der Waals surface area (Å²) >= 11 is 1.72. The third kappa shape index (κ3) is 2.45. The molecule has 0 spiro atoms. The van der Waals surface area contributed by atoms with Gasteiger partial charge in [-0.15, -0.1) is 11.3 Å². The molecule has 1 saturated heterocycles. The van der Waals surface area contributed by atoms with Crippen LogP contribution >= 0.6 is 11.3 Å². The van der Waals surface area contributed by atoms with Crippen LogP contribution in [-0.4, -0.2) is 19.0 Å². The van der Waals surface area contributed by atoms with Crippen LogP contribution in [0.5, 0.6) is 0 Å². The van der Waals surface area contributed by atoms with E-state index in [9.17, 15) is 4.79 Å². The van der Waals surface area contributed by atoms with Crippen molar-refractivity contribution >= 4 is 33.0 Å². The van der Waals surface area contributed by atoms with Crippen LogP contribution < -0.4 is 10.6 Å². The van der Waals surface area contributed by atoms with Gasteiger partial charge in [0.2, 0.25) is 5.91 Å². The molecule has 2 aromatic rings. The lowest BCUT2D eigenvalue weighted by Crippen LogP contribution is -2.38. The summed E-state index contributed by atoms with van der Waals surface area (Å²) < 4.78 is 1.26. The first-order valence-corrected chi connectivity index (χ1v) is 8.11. The smallest absolute Gasteiger partial charge is 0.231 e. The summed E-state index contributed by atoms with van der Waals surface area (Å²) in [7, 11) is 0. The van der Waals surface area contributed by atoms with Gasteiger partial charge in [0.15, 0.2) is 0 Å². The molecule has 1 amide bonds. The van der Waals surface area contributed by atoms with Crippen molar-refractivity contribution in [1.82, 2.24) is 5.32 Å². The van der Waals surface area contributed by atoms with Gasteiger partial charge in [0.05, 0.1) is 5.41 Å². The van der Waals surface area contributed by atoms with Crippen LogP contribution in [0.3, 0.4) is 0 Å². The second kappa shape index (κ2) is 5.54. The molecule has 1 unspecified atom stereocenters. The first-order valence-electron chi connectivity index (χ1n) is 7.23. The molecule has 1 atom stereocenters. The molecule has 1 aliphatic rings. The van der Waals surface area contributed by atoms with Crippen LogP contribution in [0.1, 0.15) is 26.2 Å². The maximum atomic E-state index is 12.7. The zero-order chi connectivity index (χ0) is 14.0. The minimum absolute atomic E-state index is 0.166. The predicted molar refractivity (Wildman–Crippen MR) is 85.3 cm³/mol. The van der Waals surface area contributed by atoms with Gasteiger partial charge in [-0.1, -0.05) is 13.3 Å². The van der Waals surface area contributed by atoms with E-state index < -0.39 is 0 Å². The minimum Gasteiger partial charge on any atom is -0.326 e. The number of carbonyl (C=O) groups is 1. The van der Waals surface area contributed by atoms with Gasteiger partial charge in [-0.3, -0.25) is 4.79 Å². The Bertz CT molecular complexity index is 614. The molecule has 1 aromatic heterocycles. The molecule has 20 heavy (non-hydrogen) atoms. The number of rotatable bonds is 4. The second-order valence-electron chi connectivity index (χ2n) is 5.58. The van der Waals surface area contributed by atoms with E-state index in [1.165, 1.54) is 10.1 Å². The molecule has 4 heteroatoms. The lowest BCUT2D eigenvalue weighted by atomic mass is 9.81. The highest BCUT2D eigenvalue weighted by Crippen LogP contribution is 2.33. The zero-order valence-corrected chi connectivity index (χ0v) is 12.6. The Morgan fingerprint density at radius 2 is 2.35 bits per heavy atom. The van der Waals surface area contributed by atoms with Crippen molar-refractivity contribution in [2.75, 3.05) is 18.4 Å². The second-order valence-corrected chi connectivity index (χ2v) is 6.53. The highest BCUT2D eigenvalue weighted by Gasteiger charge is 2.40. The number of nitrogens with one attached hydrogen (secondary N) is 2. The number of hydrogen-bond acceptors (Lipinski definition) is 3. The van der Waals surface area contributed by atoms with Crippen LogP contribution in [-0.2, 0) is 4.79 Å². The molecular formula is C16H20N2OS. The fraction of sp³-hybridized carbons (Fsp3) is 0.438. The maximum absolute atomic E-state index is 12.7. The van der Waals surface area contributed by atoms with Crippen molar-refractivity contribution in [3.8, 4) is 0 Å². The Hall–Kier alpha value is -1.39. The SMILES string of the molecule is CCCC1(C(=O)Nc2ccc3sccc3c2)CCNC1. The summed E-state index contributed by atoms with van der Waals surface area (Å²) in [6.07, 6.45) is 2.93. The molecular weight excluding hydrogens is 268 g/mol. The number of carbonyl (C=O) groups excluding carboxylic acids is 1. The molecule has 0 bridgehead atoms. The highest BCUT2D eigenvalue weighted by atomic mass is 32.1. The summed E-state index contributed by atoms with van der Waals surface area (Å²) in [5.74, 6) is 0.166. The van der Waals surface area contributed by atoms with Crippen LogP contribution in [0.2, 0.25) is 0 Å². The van der Waals surface area contributed by atoms with E-state index in [4.69, 9.17) is 0 Å². The number of hydrogen-bond donors (Lipinski definition) is 2. The van der Waals surface area contributed by atoms with Crippen molar-refractivity contribution < 1.29 is 4.79 Å². The molecule has 0 saturated carbocycles. The van der Waals surface area contributed by atoms with E-state index in [0.29, 0.717) is 0 Å². The molecule has 106 valence electrons.